The van der Waals surface area contributed by atoms with Crippen molar-refractivity contribution < 1.29 is 9.59 Å². The van der Waals surface area contributed by atoms with Gasteiger partial charge in [-0.05, 0) is 31.2 Å². The molecule has 0 unspecified atom stereocenters. The van der Waals surface area contributed by atoms with Crippen LogP contribution in [0, 0.1) is 0 Å². The van der Waals surface area contributed by atoms with E-state index in [4.69, 9.17) is 0 Å². The van der Waals surface area contributed by atoms with E-state index in [1.807, 2.05) is 25.3 Å². The predicted molar refractivity (Wildman–Crippen MR) is 81.1 cm³/mol. The molecule has 6 heteroatoms. The Kier molecular flexibility index (Phi) is 3.91. The predicted octanol–water partition coefficient (Wildman–Crippen LogP) is 1.22. The first-order valence-electron chi connectivity index (χ1n) is 7.30. The van der Waals surface area contributed by atoms with Crippen molar-refractivity contribution in [3.63, 3.8) is 0 Å². The van der Waals surface area contributed by atoms with Crippen LogP contribution < -0.4 is 5.32 Å². The zero-order chi connectivity index (χ0) is 15.5. The summed E-state index contributed by atoms with van der Waals surface area (Å²) in [5.74, 6) is -0.411. The zero-order valence-electron chi connectivity index (χ0n) is 12.4. The molecule has 0 saturated carbocycles. The molecular formula is C16H18N4O2. The summed E-state index contributed by atoms with van der Waals surface area (Å²) in [4.78, 5) is 30.0. The van der Waals surface area contributed by atoms with Gasteiger partial charge in [-0.3, -0.25) is 14.6 Å². The molecule has 0 bridgehead atoms. The van der Waals surface area contributed by atoms with E-state index in [0.717, 1.165) is 12.2 Å². The Bertz CT molecular complexity index is 680. The lowest BCUT2D eigenvalue weighted by Crippen LogP contribution is -2.45. The summed E-state index contributed by atoms with van der Waals surface area (Å²) in [5.41, 5.74) is 1.44. The monoisotopic (exact) mass is 298 g/mol. The number of hydrogen-bond donors (Lipinski definition) is 1. The van der Waals surface area contributed by atoms with E-state index in [9.17, 15) is 9.59 Å². The SMILES string of the molecule is C[C@@H]1c2cccn2CCN1C(=O)CNC(=O)c1ccccn1. The van der Waals surface area contributed by atoms with Gasteiger partial charge in [0.15, 0.2) is 0 Å². The fourth-order valence-electron chi connectivity index (χ4n) is 2.76. The highest BCUT2D eigenvalue weighted by Gasteiger charge is 2.27. The molecule has 2 aromatic rings. The van der Waals surface area contributed by atoms with Crippen LogP contribution in [-0.2, 0) is 11.3 Å². The highest BCUT2D eigenvalue weighted by molar-refractivity contribution is 5.94. The minimum atomic E-state index is -0.331. The molecule has 3 heterocycles. The fourth-order valence-corrected chi connectivity index (χ4v) is 2.76. The van der Waals surface area contributed by atoms with Gasteiger partial charge in [-0.1, -0.05) is 6.07 Å². The standard InChI is InChI=1S/C16H18N4O2/c1-12-14-6-4-8-19(14)9-10-20(12)15(21)11-18-16(22)13-5-2-3-7-17-13/h2-8,12H,9-11H2,1H3,(H,18,22)/t12-/m1/s1. The van der Waals surface area contributed by atoms with Crippen LogP contribution in [0.15, 0.2) is 42.7 Å². The molecule has 2 amide bonds. The number of aromatic nitrogens is 2. The van der Waals surface area contributed by atoms with E-state index >= 15 is 0 Å². The molecular weight excluding hydrogens is 280 g/mol. The summed E-state index contributed by atoms with van der Waals surface area (Å²) in [7, 11) is 0. The average molecular weight is 298 g/mol. The van der Waals surface area contributed by atoms with E-state index in [-0.39, 0.29) is 24.4 Å². The van der Waals surface area contributed by atoms with Gasteiger partial charge in [0.25, 0.3) is 5.91 Å². The average Bonchev–Trinajstić information content (AvgIpc) is 3.03. The van der Waals surface area contributed by atoms with Crippen molar-refractivity contribution in [3.8, 4) is 0 Å². The second kappa shape index (κ2) is 6.01. The van der Waals surface area contributed by atoms with Gasteiger partial charge in [-0.15, -0.1) is 0 Å². The van der Waals surface area contributed by atoms with Gasteiger partial charge in [-0.25, -0.2) is 0 Å². The third-order valence-electron chi connectivity index (χ3n) is 3.96. The van der Waals surface area contributed by atoms with Gasteiger partial charge in [0.2, 0.25) is 5.91 Å². The Morgan fingerprint density at radius 2 is 2.14 bits per heavy atom. The lowest BCUT2D eigenvalue weighted by atomic mass is 10.1. The second-order valence-electron chi connectivity index (χ2n) is 5.29. The summed E-state index contributed by atoms with van der Waals surface area (Å²) in [5, 5.41) is 2.63. The summed E-state index contributed by atoms with van der Waals surface area (Å²) < 4.78 is 2.15. The topological polar surface area (TPSA) is 67.2 Å². The largest absolute Gasteiger partial charge is 0.348 e. The van der Waals surface area contributed by atoms with Crippen LogP contribution in [-0.4, -0.2) is 39.4 Å². The smallest absolute Gasteiger partial charge is 0.270 e. The summed E-state index contributed by atoms with van der Waals surface area (Å²) in [6, 6.07) is 9.13. The third kappa shape index (κ3) is 2.72. The van der Waals surface area contributed by atoms with Gasteiger partial charge >= 0.3 is 0 Å². The molecule has 1 aliphatic heterocycles. The molecule has 3 rings (SSSR count). The summed E-state index contributed by atoms with van der Waals surface area (Å²) in [6.07, 6.45) is 3.58. The highest BCUT2D eigenvalue weighted by atomic mass is 16.2. The number of rotatable bonds is 3. The lowest BCUT2D eigenvalue weighted by Gasteiger charge is -2.35. The molecule has 1 atom stereocenters. The molecule has 0 fully saturated rings. The molecule has 0 spiro atoms. The maximum Gasteiger partial charge on any atom is 0.270 e. The Morgan fingerprint density at radius 1 is 1.27 bits per heavy atom. The molecule has 6 nitrogen and oxygen atoms in total. The Hall–Kier alpha value is -2.63. The minimum Gasteiger partial charge on any atom is -0.348 e. The van der Waals surface area contributed by atoms with Crippen molar-refractivity contribution in [2.45, 2.75) is 19.5 Å². The van der Waals surface area contributed by atoms with Crippen molar-refractivity contribution in [2.75, 3.05) is 13.1 Å². The third-order valence-corrected chi connectivity index (χ3v) is 3.96. The normalized spacial score (nSPS) is 17.0. The quantitative estimate of drug-likeness (QED) is 0.926. The maximum atomic E-state index is 12.4. The number of nitrogens with one attached hydrogen (secondary N) is 1. The molecule has 0 aliphatic carbocycles. The molecule has 22 heavy (non-hydrogen) atoms. The molecule has 1 aliphatic rings. The van der Waals surface area contributed by atoms with Gasteiger partial charge in [0, 0.05) is 31.2 Å². The van der Waals surface area contributed by atoms with Gasteiger partial charge < -0.3 is 14.8 Å². The summed E-state index contributed by atoms with van der Waals surface area (Å²) >= 11 is 0. The number of pyridine rings is 1. The molecule has 114 valence electrons. The Morgan fingerprint density at radius 3 is 2.91 bits per heavy atom. The van der Waals surface area contributed by atoms with Crippen LogP contribution in [0.5, 0.6) is 0 Å². The number of fused-ring (bicyclic) bond motifs is 1. The van der Waals surface area contributed by atoms with Crippen LogP contribution in [0.3, 0.4) is 0 Å². The maximum absolute atomic E-state index is 12.4. The Labute approximate surface area is 128 Å². The van der Waals surface area contributed by atoms with Crippen LogP contribution in [0.2, 0.25) is 0 Å². The first-order valence-corrected chi connectivity index (χ1v) is 7.30. The molecule has 0 aromatic carbocycles. The molecule has 1 N–H and O–H groups in total. The second-order valence-corrected chi connectivity index (χ2v) is 5.29. The van der Waals surface area contributed by atoms with Crippen molar-refractivity contribution in [1.29, 1.82) is 0 Å². The Balaban J connectivity index is 1.60. The van der Waals surface area contributed by atoms with Crippen LogP contribution in [0.4, 0.5) is 0 Å². The van der Waals surface area contributed by atoms with E-state index in [1.165, 1.54) is 0 Å². The van der Waals surface area contributed by atoms with Crippen molar-refractivity contribution in [2.24, 2.45) is 0 Å². The van der Waals surface area contributed by atoms with Gasteiger partial charge in [-0.2, -0.15) is 0 Å². The van der Waals surface area contributed by atoms with Crippen LogP contribution in [0.25, 0.3) is 0 Å². The molecule has 2 aromatic heterocycles. The van der Waals surface area contributed by atoms with Gasteiger partial charge in [0.05, 0.1) is 12.6 Å². The van der Waals surface area contributed by atoms with Crippen LogP contribution >= 0.6 is 0 Å². The van der Waals surface area contributed by atoms with Crippen molar-refractivity contribution >= 4 is 11.8 Å². The van der Waals surface area contributed by atoms with E-state index in [1.54, 1.807) is 29.3 Å². The van der Waals surface area contributed by atoms with Crippen molar-refractivity contribution in [1.82, 2.24) is 19.8 Å². The van der Waals surface area contributed by atoms with Crippen molar-refractivity contribution in [3.05, 3.63) is 54.1 Å². The first-order chi connectivity index (χ1) is 10.7. The lowest BCUT2D eigenvalue weighted by molar-refractivity contribution is -0.133. The van der Waals surface area contributed by atoms with E-state index in [2.05, 4.69) is 14.9 Å². The number of carbonyl (C=O) groups excluding carboxylic acids is 2. The van der Waals surface area contributed by atoms with Crippen LogP contribution in [0.1, 0.15) is 29.1 Å². The van der Waals surface area contributed by atoms with E-state index < -0.39 is 0 Å². The number of nitrogens with zero attached hydrogens (tertiary/aromatic N) is 3. The molecule has 0 saturated heterocycles. The summed E-state index contributed by atoms with van der Waals surface area (Å²) in [6.45, 7) is 3.43. The molecule has 0 radical (unpaired) electrons. The van der Waals surface area contributed by atoms with Gasteiger partial charge in [0.1, 0.15) is 5.69 Å². The fraction of sp³-hybridized carbons (Fsp3) is 0.312. The number of amides is 2. The zero-order valence-corrected chi connectivity index (χ0v) is 12.4. The number of hydrogen-bond acceptors (Lipinski definition) is 3. The van der Waals surface area contributed by atoms with E-state index in [0.29, 0.717) is 12.2 Å². The highest BCUT2D eigenvalue weighted by Crippen LogP contribution is 2.24. The minimum absolute atomic E-state index is 0.0134. The first kappa shape index (κ1) is 14.3. The number of carbonyl (C=O) groups is 2.